The standard InChI is InChI=1S/C24H22ClN5O4/c1-28-17-8-7-15(25)11-19(17)34-13-18(23(28)32)29-10-9-16-20(24(29)33)27-30(21(16)22(26)31)12-14-5-3-2-4-6-14/h2-8,11,18H,9-10,12-13H2,1H3,(H2,26,31)/t18-/m0/s1. The van der Waals surface area contributed by atoms with E-state index in [-0.39, 0.29) is 30.4 Å². The molecule has 2 aromatic carbocycles. The summed E-state index contributed by atoms with van der Waals surface area (Å²) < 4.78 is 7.35. The van der Waals surface area contributed by atoms with Gasteiger partial charge in [-0.3, -0.25) is 19.1 Å². The van der Waals surface area contributed by atoms with E-state index in [9.17, 15) is 14.4 Å². The molecule has 2 aliphatic heterocycles. The molecular formula is C24H22ClN5O4. The lowest BCUT2D eigenvalue weighted by Crippen LogP contribution is -2.54. The van der Waals surface area contributed by atoms with Crippen molar-refractivity contribution in [2.24, 2.45) is 5.73 Å². The van der Waals surface area contributed by atoms with Crippen molar-refractivity contribution in [2.75, 3.05) is 25.1 Å². The number of hydrogen-bond donors (Lipinski definition) is 1. The van der Waals surface area contributed by atoms with Crippen LogP contribution in [-0.2, 0) is 17.8 Å². The number of aromatic nitrogens is 2. The molecule has 10 heteroatoms. The predicted molar refractivity (Wildman–Crippen MR) is 125 cm³/mol. The minimum Gasteiger partial charge on any atom is -0.489 e. The lowest BCUT2D eigenvalue weighted by molar-refractivity contribution is -0.123. The molecule has 1 aromatic heterocycles. The summed E-state index contributed by atoms with van der Waals surface area (Å²) in [6.45, 7) is 0.502. The molecule has 34 heavy (non-hydrogen) atoms. The zero-order valence-electron chi connectivity index (χ0n) is 18.4. The van der Waals surface area contributed by atoms with E-state index in [1.165, 1.54) is 14.5 Å². The van der Waals surface area contributed by atoms with E-state index >= 15 is 0 Å². The van der Waals surface area contributed by atoms with Crippen LogP contribution in [0, 0.1) is 0 Å². The summed E-state index contributed by atoms with van der Waals surface area (Å²) in [7, 11) is 1.64. The highest BCUT2D eigenvalue weighted by atomic mass is 35.5. The maximum absolute atomic E-state index is 13.5. The van der Waals surface area contributed by atoms with Gasteiger partial charge in [0.05, 0.1) is 12.2 Å². The van der Waals surface area contributed by atoms with E-state index < -0.39 is 17.9 Å². The number of primary amides is 1. The number of carbonyl (C=O) groups is 3. The fourth-order valence-corrected chi connectivity index (χ4v) is 4.67. The fourth-order valence-electron chi connectivity index (χ4n) is 4.51. The number of nitrogens with zero attached hydrogens (tertiary/aromatic N) is 4. The van der Waals surface area contributed by atoms with Crippen LogP contribution < -0.4 is 15.4 Å². The number of fused-ring (bicyclic) bond motifs is 2. The van der Waals surface area contributed by atoms with Gasteiger partial charge in [0, 0.05) is 30.2 Å². The van der Waals surface area contributed by atoms with Crippen LogP contribution in [-0.4, -0.2) is 58.6 Å². The summed E-state index contributed by atoms with van der Waals surface area (Å²) in [5.41, 5.74) is 8.02. The Labute approximate surface area is 200 Å². The third-order valence-corrected chi connectivity index (χ3v) is 6.43. The number of nitrogens with two attached hydrogens (primary N) is 1. The summed E-state index contributed by atoms with van der Waals surface area (Å²) in [6.07, 6.45) is 0.348. The number of anilines is 1. The molecule has 0 fully saturated rings. The topological polar surface area (TPSA) is 111 Å². The van der Waals surface area contributed by atoms with E-state index in [0.29, 0.717) is 35.0 Å². The van der Waals surface area contributed by atoms with E-state index in [0.717, 1.165) is 5.56 Å². The predicted octanol–water partition coefficient (Wildman–Crippen LogP) is 2.11. The number of rotatable bonds is 4. The Hall–Kier alpha value is -3.85. The Morgan fingerprint density at radius 3 is 2.71 bits per heavy atom. The van der Waals surface area contributed by atoms with Gasteiger partial charge in [0.15, 0.2) is 5.69 Å². The van der Waals surface area contributed by atoms with Crippen LogP contribution in [0.25, 0.3) is 0 Å². The lowest BCUT2D eigenvalue weighted by Gasteiger charge is -2.33. The first-order valence-corrected chi connectivity index (χ1v) is 11.2. The molecule has 2 N–H and O–H groups in total. The minimum absolute atomic E-state index is 0.0228. The third-order valence-electron chi connectivity index (χ3n) is 6.20. The summed E-state index contributed by atoms with van der Waals surface area (Å²) >= 11 is 6.08. The first-order valence-electron chi connectivity index (χ1n) is 10.8. The molecular weight excluding hydrogens is 458 g/mol. The van der Waals surface area contributed by atoms with Crippen LogP contribution >= 0.6 is 11.6 Å². The molecule has 0 bridgehead atoms. The molecule has 3 amide bonds. The highest BCUT2D eigenvalue weighted by molar-refractivity contribution is 6.30. The summed E-state index contributed by atoms with van der Waals surface area (Å²) in [6, 6.07) is 13.6. The van der Waals surface area contributed by atoms with Crippen molar-refractivity contribution in [1.29, 1.82) is 0 Å². The van der Waals surface area contributed by atoms with Crippen molar-refractivity contribution in [2.45, 2.75) is 19.0 Å². The van der Waals surface area contributed by atoms with Gasteiger partial charge in [0.2, 0.25) is 0 Å². The zero-order chi connectivity index (χ0) is 24.0. The van der Waals surface area contributed by atoms with Crippen molar-refractivity contribution < 1.29 is 19.1 Å². The number of likely N-dealkylation sites (N-methyl/N-ethyl adjacent to an activating group) is 1. The lowest BCUT2D eigenvalue weighted by atomic mass is 10.0. The van der Waals surface area contributed by atoms with Crippen molar-refractivity contribution >= 4 is 35.0 Å². The number of carbonyl (C=O) groups excluding carboxylic acids is 3. The van der Waals surface area contributed by atoms with E-state index in [2.05, 4.69) is 5.10 Å². The first kappa shape index (κ1) is 22.0. The summed E-state index contributed by atoms with van der Waals surface area (Å²) in [5, 5.41) is 4.94. The van der Waals surface area contributed by atoms with Gasteiger partial charge in [-0.2, -0.15) is 5.10 Å². The van der Waals surface area contributed by atoms with Gasteiger partial charge in [0.1, 0.15) is 24.1 Å². The van der Waals surface area contributed by atoms with Crippen LogP contribution in [0.3, 0.4) is 0 Å². The molecule has 0 aliphatic carbocycles. The molecule has 0 unspecified atom stereocenters. The number of ether oxygens (including phenoxy) is 1. The molecule has 0 radical (unpaired) electrons. The first-order chi connectivity index (χ1) is 16.3. The fraction of sp³-hybridized carbons (Fsp3) is 0.250. The Morgan fingerprint density at radius 2 is 1.97 bits per heavy atom. The number of benzene rings is 2. The van der Waals surface area contributed by atoms with Gasteiger partial charge in [-0.1, -0.05) is 41.9 Å². The second-order valence-electron chi connectivity index (χ2n) is 8.27. The van der Waals surface area contributed by atoms with Crippen molar-refractivity contribution in [3.8, 4) is 5.75 Å². The van der Waals surface area contributed by atoms with Crippen molar-refractivity contribution in [3.63, 3.8) is 0 Å². The van der Waals surface area contributed by atoms with Gasteiger partial charge < -0.3 is 20.3 Å². The average Bonchev–Trinajstić information content (AvgIpc) is 3.14. The summed E-state index contributed by atoms with van der Waals surface area (Å²) in [4.78, 5) is 42.0. The Bertz CT molecular complexity index is 1310. The summed E-state index contributed by atoms with van der Waals surface area (Å²) in [5.74, 6) is -0.891. The second-order valence-corrected chi connectivity index (χ2v) is 8.70. The van der Waals surface area contributed by atoms with E-state index in [4.69, 9.17) is 22.1 Å². The third kappa shape index (κ3) is 3.67. The highest BCUT2D eigenvalue weighted by Crippen LogP contribution is 2.34. The van der Waals surface area contributed by atoms with Crippen LogP contribution in [0.1, 0.15) is 32.1 Å². The normalized spacial score (nSPS) is 17.6. The van der Waals surface area contributed by atoms with Gasteiger partial charge in [0.25, 0.3) is 17.7 Å². The number of hydrogen-bond acceptors (Lipinski definition) is 5. The Balaban J connectivity index is 1.47. The maximum Gasteiger partial charge on any atom is 0.275 e. The van der Waals surface area contributed by atoms with Crippen LogP contribution in [0.2, 0.25) is 5.02 Å². The quantitative estimate of drug-likeness (QED) is 0.616. The Kier molecular flexibility index (Phi) is 5.49. The van der Waals surface area contributed by atoms with Gasteiger partial charge in [-0.05, 0) is 24.1 Å². The van der Waals surface area contributed by atoms with Crippen molar-refractivity contribution in [3.05, 3.63) is 76.1 Å². The monoisotopic (exact) mass is 479 g/mol. The SMILES string of the molecule is CN1C(=O)[C@@H](N2CCc3c(nn(Cc4ccccc4)c3C(N)=O)C2=O)COc2cc(Cl)ccc21. The zero-order valence-corrected chi connectivity index (χ0v) is 19.2. The van der Waals surface area contributed by atoms with Crippen LogP contribution in [0.5, 0.6) is 5.75 Å². The van der Waals surface area contributed by atoms with Gasteiger partial charge in [-0.25, -0.2) is 0 Å². The van der Waals surface area contributed by atoms with Crippen molar-refractivity contribution in [1.82, 2.24) is 14.7 Å². The van der Waals surface area contributed by atoms with E-state index in [1.807, 2.05) is 30.3 Å². The molecule has 174 valence electrons. The smallest absolute Gasteiger partial charge is 0.275 e. The average molecular weight is 480 g/mol. The van der Waals surface area contributed by atoms with Gasteiger partial charge >= 0.3 is 0 Å². The molecule has 0 spiro atoms. The second kappa shape index (κ2) is 8.49. The number of halogens is 1. The molecule has 5 rings (SSSR count). The minimum atomic E-state index is -0.854. The molecule has 0 saturated heterocycles. The molecule has 2 aliphatic rings. The molecule has 3 heterocycles. The number of amides is 3. The maximum atomic E-state index is 13.5. The van der Waals surface area contributed by atoms with Crippen LogP contribution in [0.15, 0.2) is 48.5 Å². The molecule has 1 atom stereocenters. The van der Waals surface area contributed by atoms with Gasteiger partial charge in [-0.15, -0.1) is 0 Å². The highest BCUT2D eigenvalue weighted by Gasteiger charge is 2.41. The molecule has 9 nitrogen and oxygen atoms in total. The van der Waals surface area contributed by atoms with Crippen LogP contribution in [0.4, 0.5) is 5.69 Å². The Morgan fingerprint density at radius 1 is 1.21 bits per heavy atom. The molecule has 3 aromatic rings. The largest absolute Gasteiger partial charge is 0.489 e. The van der Waals surface area contributed by atoms with E-state index in [1.54, 1.807) is 25.2 Å². The molecule has 0 saturated carbocycles.